The number of terminal acetylenes is 1. The highest BCUT2D eigenvalue weighted by molar-refractivity contribution is 5.31. The Morgan fingerprint density at radius 3 is 2.53 bits per heavy atom. The molecule has 17 heavy (non-hydrogen) atoms. The Morgan fingerprint density at radius 2 is 1.94 bits per heavy atom. The molecule has 1 aromatic rings. The van der Waals surface area contributed by atoms with E-state index in [1.165, 1.54) is 19.4 Å². The van der Waals surface area contributed by atoms with Crippen LogP contribution in [0.2, 0.25) is 0 Å². The molecule has 0 bridgehead atoms. The van der Waals surface area contributed by atoms with Crippen LogP contribution in [0.1, 0.15) is 12.8 Å². The summed E-state index contributed by atoms with van der Waals surface area (Å²) in [5.41, 5.74) is 0. The fraction of sp³-hybridized carbons (Fsp3) is 0.429. The summed E-state index contributed by atoms with van der Waals surface area (Å²) in [6, 6.07) is 8.21. The van der Waals surface area contributed by atoms with Gasteiger partial charge in [0.25, 0.3) is 0 Å². The van der Waals surface area contributed by atoms with Crippen LogP contribution < -0.4 is 14.8 Å². The maximum atomic E-state index is 5.72. The Morgan fingerprint density at radius 1 is 1.24 bits per heavy atom. The monoisotopic (exact) mass is 232 g/mol. The van der Waals surface area contributed by atoms with Crippen molar-refractivity contribution in [1.82, 2.24) is 0 Å². The van der Waals surface area contributed by atoms with E-state index in [1.54, 1.807) is 0 Å². The van der Waals surface area contributed by atoms with Crippen molar-refractivity contribution < 1.29 is 14.8 Å². The largest absolute Gasteiger partial charge is 0.487 e. The zero-order chi connectivity index (χ0) is 11.9. The maximum absolute atomic E-state index is 5.72. The Hall–Kier alpha value is -1.66. The average Bonchev–Trinajstić information content (AvgIpc) is 2.88. The first kappa shape index (κ1) is 11.8. The minimum absolute atomic E-state index is 0.303. The number of benzene rings is 1. The van der Waals surface area contributed by atoms with Gasteiger partial charge in [0.05, 0.1) is 6.54 Å². The van der Waals surface area contributed by atoms with Crippen molar-refractivity contribution in [2.75, 3.05) is 19.8 Å². The number of quaternary nitrogens is 1. The van der Waals surface area contributed by atoms with Crippen LogP contribution >= 0.6 is 0 Å². The minimum atomic E-state index is 0.303. The van der Waals surface area contributed by atoms with Gasteiger partial charge < -0.3 is 14.8 Å². The summed E-state index contributed by atoms with van der Waals surface area (Å²) in [7, 11) is 0. The second-order valence-corrected chi connectivity index (χ2v) is 4.20. The zero-order valence-electron chi connectivity index (χ0n) is 9.89. The number of hydrogen-bond donors (Lipinski definition) is 1. The SMILES string of the molecule is C#CCOc1ccc(OC[C@H]2CCC[NH2+]2)cc1. The standard InChI is InChI=1S/C14H17NO2/c1-2-10-16-13-5-7-14(8-6-13)17-11-12-4-3-9-15-12/h1,5-8,12,15H,3-4,9-11H2/p+1/t12-/m1/s1. The lowest BCUT2D eigenvalue weighted by atomic mass is 10.2. The van der Waals surface area contributed by atoms with Crippen molar-refractivity contribution in [2.45, 2.75) is 18.9 Å². The molecule has 0 spiro atoms. The van der Waals surface area contributed by atoms with E-state index in [-0.39, 0.29) is 0 Å². The first-order valence-corrected chi connectivity index (χ1v) is 6.01. The van der Waals surface area contributed by atoms with Gasteiger partial charge in [-0.15, -0.1) is 6.42 Å². The number of ether oxygens (including phenoxy) is 2. The maximum Gasteiger partial charge on any atom is 0.148 e. The normalized spacial score (nSPS) is 18.6. The van der Waals surface area contributed by atoms with Crippen molar-refractivity contribution in [3.63, 3.8) is 0 Å². The van der Waals surface area contributed by atoms with Gasteiger partial charge in [0.1, 0.15) is 30.8 Å². The molecule has 1 atom stereocenters. The molecule has 2 N–H and O–H groups in total. The van der Waals surface area contributed by atoms with Crippen LogP contribution in [0.5, 0.6) is 11.5 Å². The molecule has 0 saturated carbocycles. The third-order valence-electron chi connectivity index (χ3n) is 2.89. The van der Waals surface area contributed by atoms with E-state index < -0.39 is 0 Å². The van der Waals surface area contributed by atoms with Gasteiger partial charge in [-0.2, -0.15) is 0 Å². The molecular formula is C14H18NO2+. The van der Waals surface area contributed by atoms with Crippen LogP contribution in [0.4, 0.5) is 0 Å². The van der Waals surface area contributed by atoms with Gasteiger partial charge in [0.15, 0.2) is 0 Å². The minimum Gasteiger partial charge on any atom is -0.487 e. The highest BCUT2D eigenvalue weighted by Crippen LogP contribution is 2.17. The second-order valence-electron chi connectivity index (χ2n) is 4.20. The van der Waals surface area contributed by atoms with Crippen LogP contribution in [-0.4, -0.2) is 25.8 Å². The molecule has 0 radical (unpaired) electrons. The van der Waals surface area contributed by atoms with Crippen LogP contribution in [0, 0.1) is 12.3 Å². The first-order valence-electron chi connectivity index (χ1n) is 6.01. The molecule has 1 saturated heterocycles. The fourth-order valence-corrected chi connectivity index (χ4v) is 1.96. The van der Waals surface area contributed by atoms with E-state index >= 15 is 0 Å². The predicted octanol–water partition coefficient (Wildman–Crippen LogP) is 0.803. The van der Waals surface area contributed by atoms with E-state index in [2.05, 4.69) is 11.2 Å². The first-order chi connectivity index (χ1) is 8.38. The Labute approximate surface area is 102 Å². The van der Waals surface area contributed by atoms with Gasteiger partial charge in [0.2, 0.25) is 0 Å². The van der Waals surface area contributed by atoms with Gasteiger partial charge >= 0.3 is 0 Å². The van der Waals surface area contributed by atoms with Crippen LogP contribution in [0.3, 0.4) is 0 Å². The summed E-state index contributed by atoms with van der Waals surface area (Å²) in [6.07, 6.45) is 7.67. The average molecular weight is 232 g/mol. The van der Waals surface area contributed by atoms with Crippen LogP contribution in [0.25, 0.3) is 0 Å². The highest BCUT2D eigenvalue weighted by Gasteiger charge is 2.18. The predicted molar refractivity (Wildman–Crippen MR) is 66.1 cm³/mol. The summed E-state index contributed by atoms with van der Waals surface area (Å²) in [6.45, 7) is 2.31. The molecule has 0 unspecified atom stereocenters. The molecule has 1 aliphatic rings. The quantitative estimate of drug-likeness (QED) is 0.762. The van der Waals surface area contributed by atoms with Crippen molar-refractivity contribution in [3.8, 4) is 23.8 Å². The summed E-state index contributed by atoms with van der Waals surface area (Å²) in [5.74, 6) is 4.10. The van der Waals surface area contributed by atoms with Gasteiger partial charge in [0, 0.05) is 12.8 Å². The number of hydrogen-bond acceptors (Lipinski definition) is 2. The van der Waals surface area contributed by atoms with E-state index in [0.717, 1.165) is 18.1 Å². The van der Waals surface area contributed by atoms with Crippen LogP contribution in [0.15, 0.2) is 24.3 Å². The molecule has 1 fully saturated rings. The molecule has 1 heterocycles. The molecule has 2 rings (SSSR count). The van der Waals surface area contributed by atoms with Crippen molar-refractivity contribution in [3.05, 3.63) is 24.3 Å². The lowest BCUT2D eigenvalue weighted by Gasteiger charge is -2.10. The number of nitrogens with two attached hydrogens (primary N) is 1. The molecule has 0 aromatic heterocycles. The summed E-state index contributed by atoms with van der Waals surface area (Å²) < 4.78 is 11.0. The molecular weight excluding hydrogens is 214 g/mol. The van der Waals surface area contributed by atoms with Crippen molar-refractivity contribution >= 4 is 0 Å². The third kappa shape index (κ3) is 3.69. The summed E-state index contributed by atoms with van der Waals surface area (Å²) in [5, 5.41) is 2.35. The molecule has 0 aliphatic carbocycles. The molecule has 0 amide bonds. The molecule has 1 aliphatic heterocycles. The van der Waals surface area contributed by atoms with Gasteiger partial charge in [-0.1, -0.05) is 5.92 Å². The smallest absolute Gasteiger partial charge is 0.148 e. The lowest BCUT2D eigenvalue weighted by Crippen LogP contribution is -2.87. The molecule has 3 nitrogen and oxygen atoms in total. The Balaban J connectivity index is 1.79. The Bertz CT molecular complexity index is 374. The Kier molecular flexibility index (Phi) is 4.29. The van der Waals surface area contributed by atoms with Gasteiger partial charge in [-0.05, 0) is 24.3 Å². The van der Waals surface area contributed by atoms with E-state index in [0.29, 0.717) is 12.6 Å². The highest BCUT2D eigenvalue weighted by atomic mass is 16.5. The number of rotatable bonds is 5. The molecule has 90 valence electrons. The second kappa shape index (κ2) is 6.17. The van der Waals surface area contributed by atoms with E-state index in [1.807, 2.05) is 24.3 Å². The van der Waals surface area contributed by atoms with Crippen molar-refractivity contribution in [1.29, 1.82) is 0 Å². The molecule has 1 aromatic carbocycles. The van der Waals surface area contributed by atoms with E-state index in [9.17, 15) is 0 Å². The lowest BCUT2D eigenvalue weighted by molar-refractivity contribution is -0.670. The molecule has 3 heteroatoms. The van der Waals surface area contributed by atoms with Gasteiger partial charge in [-0.25, -0.2) is 0 Å². The third-order valence-corrected chi connectivity index (χ3v) is 2.89. The van der Waals surface area contributed by atoms with E-state index in [4.69, 9.17) is 15.9 Å². The van der Waals surface area contributed by atoms with Gasteiger partial charge in [-0.3, -0.25) is 0 Å². The summed E-state index contributed by atoms with van der Waals surface area (Å²) in [4.78, 5) is 0. The van der Waals surface area contributed by atoms with Crippen LogP contribution in [-0.2, 0) is 0 Å². The van der Waals surface area contributed by atoms with Crippen molar-refractivity contribution in [2.24, 2.45) is 0 Å². The fourth-order valence-electron chi connectivity index (χ4n) is 1.96. The topological polar surface area (TPSA) is 35.1 Å². The summed E-state index contributed by atoms with van der Waals surface area (Å²) >= 11 is 0. The zero-order valence-corrected chi connectivity index (χ0v) is 9.89.